The molecule has 7 nitrogen and oxygen atoms in total. The molecule has 0 radical (unpaired) electrons. The summed E-state index contributed by atoms with van der Waals surface area (Å²) in [5, 5.41) is 3.43. The molecule has 25 heavy (non-hydrogen) atoms. The Morgan fingerprint density at radius 2 is 2.12 bits per heavy atom. The minimum Gasteiger partial charge on any atom is -0.369 e. The van der Waals surface area contributed by atoms with Gasteiger partial charge in [-0.05, 0) is 25.3 Å². The van der Waals surface area contributed by atoms with Crippen molar-refractivity contribution >= 4 is 34.1 Å². The number of thiophene rings is 1. The van der Waals surface area contributed by atoms with Crippen LogP contribution in [-0.2, 0) is 27.3 Å². The average molecular weight is 365 g/mol. The van der Waals surface area contributed by atoms with Gasteiger partial charge >= 0.3 is 0 Å². The Morgan fingerprint density at radius 3 is 2.84 bits per heavy atom. The fourth-order valence-corrected chi connectivity index (χ4v) is 4.44. The number of carbonyl (C=O) groups excluding carboxylic acids is 3. The molecule has 2 aliphatic heterocycles. The SMILES string of the molecule is CCCOC(C)C(=O)N1CCc2c(sc3c2C(=O)N(C)CC(=O)N3)C1. The van der Waals surface area contributed by atoms with Crippen molar-refractivity contribution in [2.24, 2.45) is 0 Å². The van der Waals surface area contributed by atoms with Gasteiger partial charge in [-0.1, -0.05) is 6.92 Å². The summed E-state index contributed by atoms with van der Waals surface area (Å²) >= 11 is 1.40. The summed E-state index contributed by atoms with van der Waals surface area (Å²) in [4.78, 5) is 41.2. The van der Waals surface area contributed by atoms with Crippen LogP contribution < -0.4 is 5.32 Å². The number of anilines is 1. The lowest BCUT2D eigenvalue weighted by atomic mass is 10.0. The molecule has 1 N–H and O–H groups in total. The molecule has 1 aromatic rings. The molecule has 1 unspecified atom stereocenters. The number of hydrogen-bond acceptors (Lipinski definition) is 5. The van der Waals surface area contributed by atoms with Crippen molar-refractivity contribution in [1.82, 2.24) is 9.80 Å². The molecule has 136 valence electrons. The molecular weight excluding hydrogens is 342 g/mol. The molecule has 0 fully saturated rings. The smallest absolute Gasteiger partial charge is 0.257 e. The first kappa shape index (κ1) is 17.9. The normalized spacial score (nSPS) is 18.4. The summed E-state index contributed by atoms with van der Waals surface area (Å²) in [5.41, 5.74) is 1.56. The summed E-state index contributed by atoms with van der Waals surface area (Å²) in [6.45, 7) is 5.41. The topological polar surface area (TPSA) is 79.0 Å². The summed E-state index contributed by atoms with van der Waals surface area (Å²) in [6, 6.07) is 0. The van der Waals surface area contributed by atoms with Gasteiger partial charge < -0.3 is 19.9 Å². The Kier molecular flexibility index (Phi) is 5.10. The van der Waals surface area contributed by atoms with E-state index in [0.717, 1.165) is 16.9 Å². The number of fused-ring (bicyclic) bond motifs is 3. The van der Waals surface area contributed by atoms with E-state index in [1.807, 2.05) is 6.92 Å². The highest BCUT2D eigenvalue weighted by Crippen LogP contribution is 2.38. The quantitative estimate of drug-likeness (QED) is 0.876. The fraction of sp³-hybridized carbons (Fsp3) is 0.588. The molecule has 1 aromatic heterocycles. The van der Waals surface area contributed by atoms with Crippen molar-refractivity contribution in [3.05, 3.63) is 16.0 Å². The number of ether oxygens (including phenoxy) is 1. The van der Waals surface area contributed by atoms with E-state index in [9.17, 15) is 14.4 Å². The molecular formula is C17H23N3O4S. The van der Waals surface area contributed by atoms with Crippen LogP contribution in [0.25, 0.3) is 0 Å². The van der Waals surface area contributed by atoms with Gasteiger partial charge in [0.15, 0.2) is 0 Å². The van der Waals surface area contributed by atoms with Crippen molar-refractivity contribution < 1.29 is 19.1 Å². The highest BCUT2D eigenvalue weighted by atomic mass is 32.1. The Labute approximate surface area is 150 Å². The number of rotatable bonds is 4. The third-order valence-electron chi connectivity index (χ3n) is 4.48. The molecule has 0 aliphatic carbocycles. The summed E-state index contributed by atoms with van der Waals surface area (Å²) < 4.78 is 5.53. The first-order chi connectivity index (χ1) is 11.9. The number of likely N-dealkylation sites (N-methyl/N-ethyl adjacent to an activating group) is 1. The second-order valence-electron chi connectivity index (χ2n) is 6.44. The van der Waals surface area contributed by atoms with Gasteiger partial charge in [0.2, 0.25) is 5.91 Å². The Bertz CT molecular complexity index is 715. The van der Waals surface area contributed by atoms with E-state index >= 15 is 0 Å². The molecule has 0 spiro atoms. The van der Waals surface area contributed by atoms with Gasteiger partial charge in [-0.25, -0.2) is 0 Å². The van der Waals surface area contributed by atoms with Crippen LogP contribution in [0, 0.1) is 0 Å². The van der Waals surface area contributed by atoms with E-state index in [1.165, 1.54) is 16.2 Å². The van der Waals surface area contributed by atoms with Gasteiger partial charge in [0.1, 0.15) is 11.1 Å². The van der Waals surface area contributed by atoms with E-state index in [4.69, 9.17) is 4.74 Å². The van der Waals surface area contributed by atoms with E-state index in [0.29, 0.717) is 36.7 Å². The van der Waals surface area contributed by atoms with Crippen LogP contribution >= 0.6 is 11.3 Å². The lowest BCUT2D eigenvalue weighted by Crippen LogP contribution is -2.42. The van der Waals surface area contributed by atoms with Crippen LogP contribution in [0.2, 0.25) is 0 Å². The van der Waals surface area contributed by atoms with Crippen molar-refractivity contribution in [1.29, 1.82) is 0 Å². The lowest BCUT2D eigenvalue weighted by Gasteiger charge is -2.29. The Hall–Kier alpha value is -1.93. The van der Waals surface area contributed by atoms with Crippen molar-refractivity contribution in [3.8, 4) is 0 Å². The molecule has 2 aliphatic rings. The Morgan fingerprint density at radius 1 is 1.36 bits per heavy atom. The van der Waals surface area contributed by atoms with Crippen LogP contribution in [0.15, 0.2) is 0 Å². The standard InChI is InChI=1S/C17H23N3O4S/c1-4-7-24-10(2)16(22)20-6-5-11-12(8-20)25-15-14(11)17(23)19(3)9-13(21)18-15/h10H,4-9H2,1-3H3,(H,18,21). The van der Waals surface area contributed by atoms with E-state index in [2.05, 4.69) is 5.32 Å². The van der Waals surface area contributed by atoms with Gasteiger partial charge in [0.25, 0.3) is 11.8 Å². The van der Waals surface area contributed by atoms with Crippen LogP contribution in [0.1, 0.15) is 41.1 Å². The highest BCUT2D eigenvalue weighted by molar-refractivity contribution is 7.17. The molecule has 3 rings (SSSR count). The summed E-state index contributed by atoms with van der Waals surface area (Å²) in [5.74, 6) is -0.358. The van der Waals surface area contributed by atoms with E-state index < -0.39 is 6.10 Å². The first-order valence-corrected chi connectivity index (χ1v) is 9.34. The van der Waals surface area contributed by atoms with Crippen molar-refractivity contribution in [3.63, 3.8) is 0 Å². The third kappa shape index (κ3) is 3.41. The fourth-order valence-electron chi connectivity index (χ4n) is 3.17. The number of nitrogens with one attached hydrogen (secondary N) is 1. The second kappa shape index (κ2) is 7.13. The third-order valence-corrected chi connectivity index (χ3v) is 5.61. The molecule has 0 saturated heterocycles. The minimum atomic E-state index is -0.466. The maximum absolute atomic E-state index is 12.6. The highest BCUT2D eigenvalue weighted by Gasteiger charge is 2.34. The number of amides is 3. The maximum Gasteiger partial charge on any atom is 0.257 e. The Balaban J connectivity index is 1.82. The zero-order chi connectivity index (χ0) is 18.1. The van der Waals surface area contributed by atoms with Crippen molar-refractivity contribution in [2.45, 2.75) is 39.3 Å². The first-order valence-electron chi connectivity index (χ1n) is 8.52. The predicted molar refractivity (Wildman–Crippen MR) is 94.7 cm³/mol. The second-order valence-corrected chi connectivity index (χ2v) is 7.55. The molecule has 3 amide bonds. The molecule has 0 bridgehead atoms. The van der Waals surface area contributed by atoms with Gasteiger partial charge in [-0.3, -0.25) is 14.4 Å². The van der Waals surface area contributed by atoms with Gasteiger partial charge in [0, 0.05) is 25.1 Å². The van der Waals surface area contributed by atoms with Gasteiger partial charge in [0.05, 0.1) is 18.7 Å². The molecule has 8 heteroatoms. The molecule has 0 aromatic carbocycles. The zero-order valence-corrected chi connectivity index (χ0v) is 15.6. The minimum absolute atomic E-state index is 0.0322. The van der Waals surface area contributed by atoms with E-state index in [1.54, 1.807) is 18.9 Å². The molecule has 3 heterocycles. The molecule has 0 saturated carbocycles. The average Bonchev–Trinajstić information content (AvgIpc) is 2.89. The van der Waals surface area contributed by atoms with Crippen LogP contribution in [0.4, 0.5) is 5.00 Å². The predicted octanol–water partition coefficient (Wildman–Crippen LogP) is 1.47. The summed E-state index contributed by atoms with van der Waals surface area (Å²) in [6.07, 6.45) is 1.02. The van der Waals surface area contributed by atoms with E-state index in [-0.39, 0.29) is 24.3 Å². The lowest BCUT2D eigenvalue weighted by molar-refractivity contribution is -0.143. The number of nitrogens with zero attached hydrogens (tertiary/aromatic N) is 2. The van der Waals surface area contributed by atoms with Crippen LogP contribution in [0.3, 0.4) is 0 Å². The molecule has 1 atom stereocenters. The largest absolute Gasteiger partial charge is 0.369 e. The number of carbonyl (C=O) groups is 3. The summed E-state index contributed by atoms with van der Waals surface area (Å²) in [7, 11) is 1.63. The monoisotopic (exact) mass is 365 g/mol. The van der Waals surface area contributed by atoms with Crippen molar-refractivity contribution in [2.75, 3.05) is 32.1 Å². The van der Waals surface area contributed by atoms with Gasteiger partial charge in [-0.15, -0.1) is 11.3 Å². The zero-order valence-electron chi connectivity index (χ0n) is 14.8. The maximum atomic E-state index is 12.6. The van der Waals surface area contributed by atoms with Crippen LogP contribution in [0.5, 0.6) is 0 Å². The van der Waals surface area contributed by atoms with Crippen LogP contribution in [-0.4, -0.2) is 60.4 Å². The number of hydrogen-bond donors (Lipinski definition) is 1. The van der Waals surface area contributed by atoms with Gasteiger partial charge in [-0.2, -0.15) is 0 Å².